The van der Waals surface area contributed by atoms with Crippen molar-refractivity contribution in [1.82, 2.24) is 0 Å². The maximum Gasteiger partial charge on any atom is 0.159 e. The largest absolute Gasteiger partial charge is 0.295 e. The average Bonchev–Trinajstić information content (AvgIpc) is 2.04. The monoisotopic (exact) mass is 196 g/mol. The number of Topliss-reactive ketones (excluding diaryl/α,β-unsaturated/α-hetero) is 1. The van der Waals surface area contributed by atoms with Crippen molar-refractivity contribution in [1.29, 1.82) is 0 Å². The Morgan fingerprint density at radius 1 is 1.42 bits per heavy atom. The number of thiol groups is 1. The Balaban J connectivity index is 3.12. The molecular weight excluding hydrogens is 188 g/mol. The number of ketones is 1. The Hall–Kier alpha value is -0.670. The lowest BCUT2D eigenvalue weighted by Gasteiger charge is -1.98. The molecular formula is C9H8OS2. The van der Waals surface area contributed by atoms with Crippen LogP contribution < -0.4 is 0 Å². The van der Waals surface area contributed by atoms with Gasteiger partial charge in [0.1, 0.15) is 0 Å². The van der Waals surface area contributed by atoms with Crippen molar-refractivity contribution in [3.8, 4) is 0 Å². The molecule has 0 fully saturated rings. The zero-order chi connectivity index (χ0) is 9.14. The van der Waals surface area contributed by atoms with Crippen molar-refractivity contribution in [2.24, 2.45) is 0 Å². The topological polar surface area (TPSA) is 17.1 Å². The van der Waals surface area contributed by atoms with E-state index in [0.29, 0.717) is 9.76 Å². The zero-order valence-corrected chi connectivity index (χ0v) is 8.28. The first-order chi connectivity index (χ1) is 5.61. The molecule has 0 unspecified atom stereocenters. The smallest absolute Gasteiger partial charge is 0.159 e. The third-order valence-corrected chi connectivity index (χ3v) is 2.01. The maximum atomic E-state index is 11.0. The van der Waals surface area contributed by atoms with E-state index in [9.17, 15) is 4.79 Å². The molecule has 0 aliphatic heterocycles. The predicted molar refractivity (Wildman–Crippen MR) is 57.1 cm³/mol. The van der Waals surface area contributed by atoms with Gasteiger partial charge in [0.15, 0.2) is 5.78 Å². The van der Waals surface area contributed by atoms with Crippen LogP contribution in [-0.4, -0.2) is 9.98 Å². The fraction of sp³-hybridized carbons (Fsp3) is 0.111. The summed E-state index contributed by atoms with van der Waals surface area (Å²) >= 11 is 8.88. The van der Waals surface area contributed by atoms with Crippen molar-refractivity contribution < 1.29 is 4.79 Å². The van der Waals surface area contributed by atoms with Crippen LogP contribution in [0.15, 0.2) is 24.3 Å². The van der Waals surface area contributed by atoms with Gasteiger partial charge in [0.05, 0.1) is 4.20 Å². The highest BCUT2D eigenvalue weighted by molar-refractivity contribution is 8.11. The fourth-order valence-corrected chi connectivity index (χ4v) is 1.14. The lowest BCUT2D eigenvalue weighted by atomic mass is 10.1. The molecule has 0 heterocycles. The molecule has 1 nitrogen and oxygen atoms in total. The van der Waals surface area contributed by atoms with Crippen molar-refractivity contribution >= 4 is 34.8 Å². The number of thiocarbonyl (C=S) groups is 1. The minimum absolute atomic E-state index is 0.0430. The van der Waals surface area contributed by atoms with E-state index < -0.39 is 0 Å². The molecule has 0 bridgehead atoms. The molecule has 12 heavy (non-hydrogen) atoms. The summed E-state index contributed by atoms with van der Waals surface area (Å²) in [7, 11) is 0. The van der Waals surface area contributed by atoms with E-state index >= 15 is 0 Å². The van der Waals surface area contributed by atoms with Gasteiger partial charge in [-0.2, -0.15) is 0 Å². The standard InChI is InChI=1S/C9H8OS2/c1-6(10)7-3-2-4-8(5-7)9(11)12/h2-5H,1H3,(H,11,12). The molecule has 3 heteroatoms. The number of hydrogen-bond acceptors (Lipinski definition) is 2. The van der Waals surface area contributed by atoms with Gasteiger partial charge in [-0.25, -0.2) is 0 Å². The summed E-state index contributed by atoms with van der Waals surface area (Å²) in [5.74, 6) is 0.0430. The quantitative estimate of drug-likeness (QED) is 0.444. The highest BCUT2D eigenvalue weighted by Crippen LogP contribution is 2.09. The van der Waals surface area contributed by atoms with Crippen LogP contribution in [0.4, 0.5) is 0 Å². The van der Waals surface area contributed by atoms with Gasteiger partial charge in [0.2, 0.25) is 0 Å². The lowest BCUT2D eigenvalue weighted by Crippen LogP contribution is -1.94. The van der Waals surface area contributed by atoms with Crippen LogP contribution >= 0.6 is 24.8 Å². The summed E-state index contributed by atoms with van der Waals surface area (Å²) in [5.41, 5.74) is 1.49. The summed E-state index contributed by atoms with van der Waals surface area (Å²) in [6.07, 6.45) is 0. The van der Waals surface area contributed by atoms with Crippen molar-refractivity contribution in [3.05, 3.63) is 35.4 Å². The third kappa shape index (κ3) is 2.16. The summed E-state index contributed by atoms with van der Waals surface area (Å²) in [6, 6.07) is 7.14. The van der Waals surface area contributed by atoms with E-state index in [1.54, 1.807) is 18.2 Å². The predicted octanol–water partition coefficient (Wildman–Crippen LogP) is 2.49. The molecule has 1 aromatic rings. The maximum absolute atomic E-state index is 11.0. The van der Waals surface area contributed by atoms with Crippen molar-refractivity contribution in [2.75, 3.05) is 0 Å². The van der Waals surface area contributed by atoms with Crippen molar-refractivity contribution in [2.45, 2.75) is 6.92 Å². The Morgan fingerprint density at radius 2 is 2.00 bits per heavy atom. The van der Waals surface area contributed by atoms with Crippen LogP contribution in [0.3, 0.4) is 0 Å². The highest BCUT2D eigenvalue weighted by Gasteiger charge is 2.01. The van der Waals surface area contributed by atoms with Crippen LogP contribution in [0.5, 0.6) is 0 Å². The highest BCUT2D eigenvalue weighted by atomic mass is 32.1. The molecule has 0 aromatic heterocycles. The third-order valence-electron chi connectivity index (χ3n) is 1.52. The van der Waals surface area contributed by atoms with Crippen LogP contribution in [0.25, 0.3) is 0 Å². The van der Waals surface area contributed by atoms with Gasteiger partial charge in [-0.15, -0.1) is 12.6 Å². The molecule has 0 spiro atoms. The Morgan fingerprint density at radius 3 is 2.50 bits per heavy atom. The molecule has 0 saturated carbocycles. The summed E-state index contributed by atoms with van der Waals surface area (Å²) in [5, 5.41) is 0. The number of rotatable bonds is 2. The molecule has 0 aliphatic rings. The molecule has 62 valence electrons. The SMILES string of the molecule is CC(=O)c1cccc(C(=S)S)c1. The average molecular weight is 196 g/mol. The second-order valence-corrected chi connectivity index (χ2v) is 3.60. The van der Waals surface area contributed by atoms with Crippen LogP contribution in [0, 0.1) is 0 Å². The summed E-state index contributed by atoms with van der Waals surface area (Å²) in [4.78, 5) is 11.0. The number of carbonyl (C=O) groups excluding carboxylic acids is 1. The van der Waals surface area contributed by atoms with Crippen LogP contribution in [0.1, 0.15) is 22.8 Å². The second kappa shape index (κ2) is 3.83. The molecule has 0 aliphatic carbocycles. The van der Waals surface area contributed by atoms with E-state index in [1.807, 2.05) is 6.07 Å². The Labute approximate surface area is 82.2 Å². The first kappa shape index (κ1) is 9.42. The van der Waals surface area contributed by atoms with Gasteiger partial charge in [0, 0.05) is 5.56 Å². The minimum Gasteiger partial charge on any atom is -0.295 e. The molecule has 0 radical (unpaired) electrons. The number of benzene rings is 1. The van der Waals surface area contributed by atoms with Gasteiger partial charge in [-0.1, -0.05) is 30.4 Å². The van der Waals surface area contributed by atoms with Gasteiger partial charge < -0.3 is 0 Å². The van der Waals surface area contributed by atoms with Crippen molar-refractivity contribution in [3.63, 3.8) is 0 Å². The molecule has 1 aromatic carbocycles. The van der Waals surface area contributed by atoms with E-state index in [0.717, 1.165) is 5.56 Å². The Kier molecular flexibility index (Phi) is 3.00. The van der Waals surface area contributed by atoms with E-state index in [-0.39, 0.29) is 5.78 Å². The molecule has 0 amide bonds. The normalized spacial score (nSPS) is 9.50. The summed E-state index contributed by atoms with van der Waals surface area (Å²) in [6.45, 7) is 1.53. The zero-order valence-electron chi connectivity index (χ0n) is 6.57. The minimum atomic E-state index is 0.0430. The van der Waals surface area contributed by atoms with Crippen LogP contribution in [0.2, 0.25) is 0 Å². The lowest BCUT2D eigenvalue weighted by molar-refractivity contribution is 0.101. The number of hydrogen-bond donors (Lipinski definition) is 1. The molecule has 0 N–H and O–H groups in total. The molecule has 1 rings (SSSR count). The molecule has 0 atom stereocenters. The second-order valence-electron chi connectivity index (χ2n) is 2.44. The van der Waals surface area contributed by atoms with Gasteiger partial charge >= 0.3 is 0 Å². The van der Waals surface area contributed by atoms with Gasteiger partial charge in [-0.3, -0.25) is 4.79 Å². The fourth-order valence-electron chi connectivity index (χ4n) is 0.871. The van der Waals surface area contributed by atoms with Crippen LogP contribution in [-0.2, 0) is 0 Å². The Bertz CT molecular complexity index is 302. The van der Waals surface area contributed by atoms with Gasteiger partial charge in [0.25, 0.3) is 0 Å². The first-order valence-corrected chi connectivity index (χ1v) is 4.31. The van der Waals surface area contributed by atoms with Gasteiger partial charge in [-0.05, 0) is 18.6 Å². The molecule has 0 saturated heterocycles. The first-order valence-electron chi connectivity index (χ1n) is 3.45. The van der Waals surface area contributed by atoms with E-state index in [2.05, 4.69) is 12.6 Å². The van der Waals surface area contributed by atoms with E-state index in [1.165, 1.54) is 6.92 Å². The number of carbonyl (C=O) groups is 1. The summed E-state index contributed by atoms with van der Waals surface area (Å²) < 4.78 is 0.512. The van der Waals surface area contributed by atoms with E-state index in [4.69, 9.17) is 12.2 Å².